The Balaban J connectivity index is 2.51. The molecule has 110 valence electrons. The van der Waals surface area contributed by atoms with Crippen molar-refractivity contribution >= 4 is 40.7 Å². The molecule has 1 unspecified atom stereocenters. The highest BCUT2D eigenvalue weighted by atomic mass is 32.2. The van der Waals surface area contributed by atoms with E-state index in [0.717, 1.165) is 27.8 Å². The van der Waals surface area contributed by atoms with Crippen LogP contribution in [0.1, 0.15) is 18.7 Å². The summed E-state index contributed by atoms with van der Waals surface area (Å²) in [4.78, 5) is 15.4. The van der Waals surface area contributed by atoms with Gasteiger partial charge in [0.05, 0.1) is 11.4 Å². The van der Waals surface area contributed by atoms with Crippen molar-refractivity contribution in [1.29, 1.82) is 0 Å². The van der Waals surface area contributed by atoms with Crippen molar-refractivity contribution < 1.29 is 9.90 Å². The number of imidazole rings is 1. The number of thioether (sulfide) groups is 2. The molecule has 0 radical (unpaired) electrons. The molecule has 1 atom stereocenters. The van der Waals surface area contributed by atoms with Gasteiger partial charge in [0, 0.05) is 18.8 Å². The normalized spacial score (nSPS) is 13.0. The van der Waals surface area contributed by atoms with Gasteiger partial charge in [-0.1, -0.05) is 11.8 Å². The average molecular weight is 314 g/mol. The molecule has 2 aromatic rings. The molecule has 0 saturated heterocycles. The summed E-state index contributed by atoms with van der Waals surface area (Å²) >= 11 is 3.02. The smallest absolute Gasteiger partial charge is 0.313 e. The third-order valence-electron chi connectivity index (χ3n) is 2.98. The van der Waals surface area contributed by atoms with Crippen LogP contribution >= 0.6 is 23.5 Å². The number of hydrogen-bond acceptors (Lipinski definition) is 5. The van der Waals surface area contributed by atoms with Gasteiger partial charge >= 0.3 is 5.97 Å². The van der Waals surface area contributed by atoms with Gasteiger partial charge in [0.15, 0.2) is 10.8 Å². The lowest BCUT2D eigenvalue weighted by atomic mass is 10.4. The zero-order chi connectivity index (χ0) is 14.9. The molecule has 0 aliphatic heterocycles. The van der Waals surface area contributed by atoms with E-state index in [1.165, 1.54) is 11.8 Å². The van der Waals surface area contributed by atoms with Crippen molar-refractivity contribution in [2.24, 2.45) is 7.05 Å². The van der Waals surface area contributed by atoms with Crippen molar-refractivity contribution in [3.05, 3.63) is 5.69 Å². The molecule has 2 rings (SSSR count). The van der Waals surface area contributed by atoms with Crippen LogP contribution in [0.2, 0.25) is 0 Å². The monoisotopic (exact) mass is 314 g/mol. The Morgan fingerprint density at radius 3 is 2.80 bits per heavy atom. The number of carbonyl (C=O) groups is 1. The first-order valence-corrected chi connectivity index (χ1v) is 8.58. The maximum atomic E-state index is 10.8. The molecule has 0 amide bonds. The number of aromatic nitrogens is 4. The summed E-state index contributed by atoms with van der Waals surface area (Å²) in [5.41, 5.74) is 2.68. The van der Waals surface area contributed by atoms with Crippen LogP contribution in [0.15, 0.2) is 5.16 Å². The average Bonchev–Trinajstić information content (AvgIpc) is 2.86. The number of aliphatic carboxylic acids is 1. The summed E-state index contributed by atoms with van der Waals surface area (Å²) in [5, 5.41) is 14.0. The second kappa shape index (κ2) is 6.09. The molecule has 20 heavy (non-hydrogen) atoms. The van der Waals surface area contributed by atoms with E-state index in [9.17, 15) is 4.79 Å². The van der Waals surface area contributed by atoms with Crippen LogP contribution < -0.4 is 0 Å². The molecule has 2 heterocycles. The van der Waals surface area contributed by atoms with Gasteiger partial charge in [-0.15, -0.1) is 0 Å². The molecule has 0 saturated carbocycles. The van der Waals surface area contributed by atoms with Crippen molar-refractivity contribution in [2.75, 3.05) is 17.8 Å². The molecule has 0 fully saturated rings. The van der Waals surface area contributed by atoms with Crippen LogP contribution in [-0.4, -0.2) is 48.2 Å². The quantitative estimate of drug-likeness (QED) is 0.824. The van der Waals surface area contributed by atoms with Gasteiger partial charge in [-0.2, -0.15) is 16.9 Å². The number of carboxylic acids is 1. The first-order valence-electron chi connectivity index (χ1n) is 6.20. The number of aryl methyl sites for hydroxylation is 2. The fourth-order valence-corrected chi connectivity index (χ4v) is 3.66. The van der Waals surface area contributed by atoms with Crippen molar-refractivity contribution in [2.45, 2.75) is 25.0 Å². The summed E-state index contributed by atoms with van der Waals surface area (Å²) in [6.45, 7) is 4.04. The molecule has 0 aliphatic carbocycles. The van der Waals surface area contributed by atoms with Crippen LogP contribution in [0.25, 0.3) is 11.2 Å². The number of fused-ring (bicyclic) bond motifs is 1. The molecule has 0 aromatic carbocycles. The zero-order valence-electron chi connectivity index (χ0n) is 12.0. The third kappa shape index (κ3) is 2.80. The minimum Gasteiger partial charge on any atom is -0.481 e. The van der Waals surface area contributed by atoms with E-state index in [4.69, 9.17) is 5.11 Å². The first-order chi connectivity index (χ1) is 9.45. The van der Waals surface area contributed by atoms with Crippen molar-refractivity contribution in [3.63, 3.8) is 0 Å². The van der Waals surface area contributed by atoms with Crippen LogP contribution in [0.4, 0.5) is 0 Å². The Bertz CT molecular complexity index is 635. The largest absolute Gasteiger partial charge is 0.481 e. The zero-order valence-corrected chi connectivity index (χ0v) is 13.6. The molecule has 1 N–H and O–H groups in total. The summed E-state index contributed by atoms with van der Waals surface area (Å²) in [7, 11) is 1.89. The fourth-order valence-electron chi connectivity index (χ4n) is 2.22. The number of nitrogens with zero attached hydrogens (tertiary/aromatic N) is 4. The van der Waals surface area contributed by atoms with E-state index in [2.05, 4.69) is 27.8 Å². The minimum absolute atomic E-state index is 0.0157. The van der Waals surface area contributed by atoms with Crippen molar-refractivity contribution in [3.8, 4) is 0 Å². The number of rotatable bonds is 6. The van der Waals surface area contributed by atoms with Gasteiger partial charge in [-0.05, 0) is 20.1 Å². The van der Waals surface area contributed by atoms with Crippen LogP contribution in [0.5, 0.6) is 0 Å². The van der Waals surface area contributed by atoms with Crippen LogP contribution in [-0.2, 0) is 11.8 Å². The second-order valence-corrected chi connectivity index (χ2v) is 6.49. The standard InChI is InChI=1S/C12H18N4O2S2/c1-7(5-19-4)16-11-10(8(2)14-15(11)3)13-12(16)20-6-9(17)18/h7H,5-6H2,1-4H3,(H,17,18). The highest BCUT2D eigenvalue weighted by molar-refractivity contribution is 7.99. The van der Waals surface area contributed by atoms with Gasteiger partial charge < -0.3 is 9.67 Å². The SMILES string of the molecule is CSCC(C)n1c(SCC(=O)O)nc2c(C)nn(C)c21. The first kappa shape index (κ1) is 15.2. The summed E-state index contributed by atoms with van der Waals surface area (Å²) in [6, 6.07) is 0.237. The Hall–Kier alpha value is -1.15. The lowest BCUT2D eigenvalue weighted by molar-refractivity contribution is -0.133. The van der Waals surface area contributed by atoms with E-state index >= 15 is 0 Å². The molecule has 0 aliphatic rings. The maximum absolute atomic E-state index is 10.8. The molecule has 2 aromatic heterocycles. The number of hydrogen-bond donors (Lipinski definition) is 1. The van der Waals surface area contributed by atoms with Gasteiger partial charge in [-0.25, -0.2) is 4.98 Å². The lowest BCUT2D eigenvalue weighted by Crippen LogP contribution is -2.12. The highest BCUT2D eigenvalue weighted by Crippen LogP contribution is 2.30. The summed E-state index contributed by atoms with van der Waals surface area (Å²) < 4.78 is 3.92. The topological polar surface area (TPSA) is 72.9 Å². The lowest BCUT2D eigenvalue weighted by Gasteiger charge is -2.16. The number of carboxylic acid groups (broad SMARTS) is 1. The molecule has 8 heteroatoms. The second-order valence-electron chi connectivity index (χ2n) is 4.63. The third-order valence-corrected chi connectivity index (χ3v) is 4.73. The van der Waals surface area contributed by atoms with E-state index in [0.29, 0.717) is 0 Å². The van der Waals surface area contributed by atoms with E-state index in [1.54, 1.807) is 11.8 Å². The van der Waals surface area contributed by atoms with Gasteiger partial charge in [0.1, 0.15) is 5.52 Å². The maximum Gasteiger partial charge on any atom is 0.313 e. The van der Waals surface area contributed by atoms with Crippen molar-refractivity contribution in [1.82, 2.24) is 19.3 Å². The predicted molar refractivity (Wildman–Crippen MR) is 82.7 cm³/mol. The molecular formula is C12H18N4O2S2. The minimum atomic E-state index is -0.832. The Kier molecular flexibility index (Phi) is 4.64. The molecular weight excluding hydrogens is 296 g/mol. The van der Waals surface area contributed by atoms with E-state index in [-0.39, 0.29) is 11.8 Å². The van der Waals surface area contributed by atoms with Crippen LogP contribution in [0, 0.1) is 6.92 Å². The van der Waals surface area contributed by atoms with Gasteiger partial charge in [0.25, 0.3) is 0 Å². The van der Waals surface area contributed by atoms with Crippen LogP contribution in [0.3, 0.4) is 0 Å². The van der Waals surface area contributed by atoms with Gasteiger partial charge in [-0.3, -0.25) is 9.48 Å². The molecule has 0 spiro atoms. The van der Waals surface area contributed by atoms with Gasteiger partial charge in [0.2, 0.25) is 0 Å². The summed E-state index contributed by atoms with van der Waals surface area (Å²) in [5.74, 6) is 0.124. The van der Waals surface area contributed by atoms with E-state index < -0.39 is 5.97 Å². The Morgan fingerprint density at radius 2 is 2.20 bits per heavy atom. The fraction of sp³-hybridized carbons (Fsp3) is 0.583. The molecule has 6 nitrogen and oxygen atoms in total. The van der Waals surface area contributed by atoms with E-state index in [1.807, 2.05) is 18.7 Å². The highest BCUT2D eigenvalue weighted by Gasteiger charge is 2.21. The molecule has 0 bridgehead atoms. The summed E-state index contributed by atoms with van der Waals surface area (Å²) in [6.07, 6.45) is 2.06. The Labute approximate surface area is 125 Å². The predicted octanol–water partition coefficient (Wildman–Crippen LogP) is 2.18. The Morgan fingerprint density at radius 1 is 1.50 bits per heavy atom.